The lowest BCUT2D eigenvalue weighted by molar-refractivity contribution is -0.186. The van der Waals surface area contributed by atoms with Crippen molar-refractivity contribution in [1.82, 2.24) is 15.5 Å². The van der Waals surface area contributed by atoms with Crippen molar-refractivity contribution < 1.29 is 45.9 Å². The number of amides is 4. The van der Waals surface area contributed by atoms with Crippen LogP contribution in [0.4, 0.5) is 22.0 Å². The zero-order chi connectivity index (χ0) is 28.4. The average molecular weight is 552 g/mol. The summed E-state index contributed by atoms with van der Waals surface area (Å²) < 4.78 is 69.3. The Labute approximate surface area is 215 Å². The van der Waals surface area contributed by atoms with E-state index in [1.807, 2.05) is 6.07 Å². The molecule has 3 unspecified atom stereocenters. The molecule has 3 fully saturated rings. The number of carbonyl (C=O) groups excluding carboxylic acids is 4. The van der Waals surface area contributed by atoms with Gasteiger partial charge in [0.05, 0.1) is 18.1 Å². The topological polar surface area (TPSA) is 155 Å². The molecule has 0 aromatic heterocycles. The van der Waals surface area contributed by atoms with Crippen LogP contribution in [0.1, 0.15) is 45.4 Å². The Morgan fingerprint density at radius 3 is 2.50 bits per heavy atom. The summed E-state index contributed by atoms with van der Waals surface area (Å²) in [4.78, 5) is 52.0. The normalized spacial score (nSPS) is 29.7. The van der Waals surface area contributed by atoms with Gasteiger partial charge in [0.25, 0.3) is 0 Å². The molecule has 1 aliphatic carbocycles. The zero-order valence-electron chi connectivity index (χ0n) is 20.6. The Hall–Kier alpha value is -3.02. The van der Waals surface area contributed by atoms with Crippen molar-refractivity contribution in [2.45, 2.75) is 75.9 Å². The molecule has 2 heterocycles. The summed E-state index contributed by atoms with van der Waals surface area (Å²) in [7, 11) is 0. The second-order valence-electron chi connectivity index (χ2n) is 10.0. The lowest BCUT2D eigenvalue weighted by atomic mass is 9.68. The molecule has 0 aromatic rings. The highest BCUT2D eigenvalue weighted by Gasteiger charge is 2.65. The van der Waals surface area contributed by atoms with Crippen molar-refractivity contribution in [1.29, 1.82) is 5.26 Å². The second-order valence-corrected chi connectivity index (χ2v) is 10.0. The molecule has 3 rings (SSSR count). The van der Waals surface area contributed by atoms with Gasteiger partial charge in [0, 0.05) is 19.0 Å². The monoisotopic (exact) mass is 551 g/mol. The first kappa shape index (κ1) is 29.5. The number of carbonyl (C=O) groups is 4. The highest BCUT2D eigenvalue weighted by atomic mass is 19.4. The van der Waals surface area contributed by atoms with Gasteiger partial charge in [-0.15, -0.1) is 0 Å². The fourth-order valence-electron chi connectivity index (χ4n) is 6.31. The van der Waals surface area contributed by atoms with Crippen LogP contribution in [0.2, 0.25) is 0 Å². The first-order valence-electron chi connectivity index (χ1n) is 12.3. The number of ether oxygens (including phenoxy) is 1. The summed E-state index contributed by atoms with van der Waals surface area (Å²) in [5.41, 5.74) is 3.83. The number of nitrogens with zero attached hydrogens (tertiary/aromatic N) is 2. The summed E-state index contributed by atoms with van der Waals surface area (Å²) >= 11 is 0. The predicted molar refractivity (Wildman–Crippen MR) is 118 cm³/mol. The highest BCUT2D eigenvalue weighted by Crippen LogP contribution is 2.53. The van der Waals surface area contributed by atoms with Gasteiger partial charge < -0.3 is 26.0 Å². The molecule has 4 amide bonds. The number of nitrogens with one attached hydrogen (secondary N) is 2. The number of likely N-dealkylation sites (tertiary alicyclic amines) is 1. The molecule has 38 heavy (non-hydrogen) atoms. The third-order valence-corrected chi connectivity index (χ3v) is 7.95. The zero-order valence-corrected chi connectivity index (χ0v) is 20.6. The number of piperidine rings is 1. The minimum atomic E-state index is -5.45. The summed E-state index contributed by atoms with van der Waals surface area (Å²) in [6.45, 7) is -2.37. The van der Waals surface area contributed by atoms with Crippen molar-refractivity contribution in [3.05, 3.63) is 0 Å². The molecule has 212 valence electrons. The smallest absolute Gasteiger partial charge is 0.368 e. The molecule has 1 saturated carbocycles. The standard InChI is InChI=1S/C23H30F5N5O5/c1-11(38-21(24)25)16(32-20(37)23(26,27)28)18(35)33-10-13-4-2-6-15(13)22(33,19(30)36)14(9-29)8-12-5-3-7-31-17(12)34/h11-16,21H,2-8,10H2,1H3,(H2,30,36)(H,31,34)(H,32,37)/t11-,12+,13?,14-,15?,16+,22?/m1/s1. The minimum Gasteiger partial charge on any atom is -0.368 e. The van der Waals surface area contributed by atoms with E-state index in [1.54, 1.807) is 0 Å². The molecule has 0 radical (unpaired) electrons. The van der Waals surface area contributed by atoms with Gasteiger partial charge in [-0.25, -0.2) is 0 Å². The quantitative estimate of drug-likeness (QED) is 0.366. The number of rotatable bonds is 9. The third kappa shape index (κ3) is 5.55. The van der Waals surface area contributed by atoms with Crippen LogP contribution in [0.25, 0.3) is 0 Å². The first-order chi connectivity index (χ1) is 17.7. The van der Waals surface area contributed by atoms with E-state index >= 15 is 0 Å². The lowest BCUT2D eigenvalue weighted by Crippen LogP contribution is -2.67. The van der Waals surface area contributed by atoms with Crippen molar-refractivity contribution >= 4 is 23.6 Å². The number of alkyl halides is 5. The summed E-state index contributed by atoms with van der Waals surface area (Å²) in [5.74, 6) is -8.31. The van der Waals surface area contributed by atoms with Crippen LogP contribution in [-0.2, 0) is 23.9 Å². The van der Waals surface area contributed by atoms with E-state index in [2.05, 4.69) is 10.1 Å². The van der Waals surface area contributed by atoms with E-state index in [-0.39, 0.29) is 24.8 Å². The molecule has 3 aliphatic rings. The summed E-state index contributed by atoms with van der Waals surface area (Å²) in [6, 6.07) is -0.267. The van der Waals surface area contributed by atoms with Crippen LogP contribution in [0, 0.1) is 35.0 Å². The SMILES string of the molecule is C[C@@H](OC(F)F)[C@H](NC(=O)C(F)(F)F)C(=O)N1CC2CCCC2C1(C(N)=O)[C@@H](C#N)C[C@@H]1CCCNC1=O. The Kier molecular flexibility index (Phi) is 8.85. The van der Waals surface area contributed by atoms with Crippen LogP contribution < -0.4 is 16.4 Å². The van der Waals surface area contributed by atoms with Gasteiger partial charge in [-0.1, -0.05) is 6.42 Å². The second kappa shape index (κ2) is 11.4. The van der Waals surface area contributed by atoms with E-state index in [1.165, 1.54) is 5.32 Å². The largest absolute Gasteiger partial charge is 0.471 e. The molecule has 4 N–H and O–H groups in total. The van der Waals surface area contributed by atoms with Crippen molar-refractivity contribution in [2.24, 2.45) is 29.4 Å². The maximum absolute atomic E-state index is 13.8. The average Bonchev–Trinajstić information content (AvgIpc) is 3.41. The summed E-state index contributed by atoms with van der Waals surface area (Å²) in [6.07, 6.45) is -5.00. The van der Waals surface area contributed by atoms with Crippen LogP contribution in [-0.4, -0.2) is 72.1 Å². The number of fused-ring (bicyclic) bond motifs is 1. The van der Waals surface area contributed by atoms with Crippen molar-refractivity contribution in [3.8, 4) is 6.07 Å². The van der Waals surface area contributed by atoms with Crippen LogP contribution in [0.3, 0.4) is 0 Å². The molecule has 7 atom stereocenters. The molecule has 2 aliphatic heterocycles. The van der Waals surface area contributed by atoms with Gasteiger partial charge in [-0.3, -0.25) is 19.2 Å². The van der Waals surface area contributed by atoms with Gasteiger partial charge in [0.15, 0.2) is 0 Å². The number of nitrogens with two attached hydrogens (primary N) is 1. The number of primary amides is 1. The van der Waals surface area contributed by atoms with E-state index in [4.69, 9.17) is 5.73 Å². The summed E-state index contributed by atoms with van der Waals surface area (Å²) in [5, 5.41) is 14.3. The maximum atomic E-state index is 13.8. The number of hydrogen-bond donors (Lipinski definition) is 3. The fraction of sp³-hybridized carbons (Fsp3) is 0.783. The number of halogens is 5. The number of nitriles is 1. The molecule has 0 spiro atoms. The molecule has 10 nitrogen and oxygen atoms in total. The Morgan fingerprint density at radius 2 is 1.95 bits per heavy atom. The van der Waals surface area contributed by atoms with Crippen molar-refractivity contribution in [3.63, 3.8) is 0 Å². The predicted octanol–water partition coefficient (Wildman–Crippen LogP) is 1.20. The third-order valence-electron chi connectivity index (χ3n) is 7.95. The van der Waals surface area contributed by atoms with Crippen LogP contribution in [0.15, 0.2) is 0 Å². The first-order valence-corrected chi connectivity index (χ1v) is 12.3. The van der Waals surface area contributed by atoms with Crippen LogP contribution in [0.5, 0.6) is 0 Å². The van der Waals surface area contributed by atoms with E-state index in [0.717, 1.165) is 11.8 Å². The van der Waals surface area contributed by atoms with E-state index < -0.39 is 65.9 Å². The van der Waals surface area contributed by atoms with Gasteiger partial charge in [-0.05, 0) is 50.9 Å². The molecule has 15 heteroatoms. The Morgan fingerprint density at radius 1 is 1.26 bits per heavy atom. The molecular weight excluding hydrogens is 521 g/mol. The van der Waals surface area contributed by atoms with Gasteiger partial charge in [0.1, 0.15) is 11.6 Å². The molecule has 2 saturated heterocycles. The van der Waals surface area contributed by atoms with Gasteiger partial charge in [-0.2, -0.15) is 27.2 Å². The minimum absolute atomic E-state index is 0.152. The number of hydrogen-bond acceptors (Lipinski definition) is 6. The van der Waals surface area contributed by atoms with Gasteiger partial charge in [0.2, 0.25) is 17.7 Å². The van der Waals surface area contributed by atoms with E-state index in [9.17, 15) is 46.4 Å². The highest BCUT2D eigenvalue weighted by molar-refractivity contribution is 5.96. The van der Waals surface area contributed by atoms with Crippen molar-refractivity contribution in [2.75, 3.05) is 13.1 Å². The van der Waals surface area contributed by atoms with E-state index in [0.29, 0.717) is 38.6 Å². The molecular formula is C23H30F5N5O5. The lowest BCUT2D eigenvalue weighted by Gasteiger charge is -2.45. The molecule has 0 aromatic carbocycles. The Bertz CT molecular complexity index is 989. The maximum Gasteiger partial charge on any atom is 0.471 e. The Balaban J connectivity index is 2.06. The van der Waals surface area contributed by atoms with Crippen LogP contribution >= 0.6 is 0 Å². The molecule has 0 bridgehead atoms. The van der Waals surface area contributed by atoms with Gasteiger partial charge >= 0.3 is 18.7 Å². The fourth-order valence-corrected chi connectivity index (χ4v) is 6.31.